The van der Waals surface area contributed by atoms with E-state index in [1.807, 2.05) is 30.3 Å². The molecule has 0 aliphatic heterocycles. The molecule has 2 atom stereocenters. The Morgan fingerprint density at radius 1 is 1.12 bits per heavy atom. The van der Waals surface area contributed by atoms with Crippen LogP contribution in [0.15, 0.2) is 30.3 Å². The lowest BCUT2D eigenvalue weighted by Crippen LogP contribution is -2.51. The minimum absolute atomic E-state index is 0.445. The number of benzene rings is 1. The van der Waals surface area contributed by atoms with Crippen LogP contribution in [0.2, 0.25) is 0 Å². The summed E-state index contributed by atoms with van der Waals surface area (Å²) in [6.07, 6.45) is -8.65. The third-order valence-electron chi connectivity index (χ3n) is 3.17. The van der Waals surface area contributed by atoms with E-state index in [1.165, 1.54) is 5.32 Å². The molecule has 0 bridgehead atoms. The van der Waals surface area contributed by atoms with Gasteiger partial charge in [-0.1, -0.05) is 37.3 Å². The van der Waals surface area contributed by atoms with E-state index in [0.29, 0.717) is 12.8 Å². The molecule has 0 saturated heterocycles. The molecular formula is C15H18F6N2O3. The van der Waals surface area contributed by atoms with Crippen LogP contribution in [0.1, 0.15) is 18.9 Å². The monoisotopic (exact) mass is 388 g/mol. The molecule has 148 valence electrons. The molecule has 1 aromatic carbocycles. The van der Waals surface area contributed by atoms with Gasteiger partial charge in [0, 0.05) is 0 Å². The molecule has 1 aromatic rings. The second-order valence-electron chi connectivity index (χ2n) is 5.33. The molecule has 0 saturated carbocycles. The molecule has 0 fully saturated rings. The molecular weight excluding hydrogens is 370 g/mol. The summed E-state index contributed by atoms with van der Waals surface area (Å²) in [4.78, 5) is 20.0. The fourth-order valence-corrected chi connectivity index (χ4v) is 1.88. The maximum Gasteiger partial charge on any atom is 0.490 e. The van der Waals surface area contributed by atoms with Gasteiger partial charge in [-0.15, -0.1) is 0 Å². The Labute approximate surface area is 145 Å². The fraction of sp³-hybridized carbons (Fsp3) is 0.467. The summed E-state index contributed by atoms with van der Waals surface area (Å²) in [5.41, 5.74) is 6.03. The molecule has 4 N–H and O–H groups in total. The summed E-state index contributed by atoms with van der Waals surface area (Å²) in [7, 11) is 0. The number of aryl methyl sites for hydroxylation is 1. The third kappa shape index (κ3) is 10.5. The normalized spacial score (nSPS) is 14.0. The summed E-state index contributed by atoms with van der Waals surface area (Å²) in [6, 6.07) is 7.97. The van der Waals surface area contributed by atoms with Crippen molar-refractivity contribution in [3.63, 3.8) is 0 Å². The Morgan fingerprint density at radius 2 is 1.58 bits per heavy atom. The first-order valence-electron chi connectivity index (χ1n) is 7.21. The summed E-state index contributed by atoms with van der Waals surface area (Å²) in [5, 5.41) is 8.44. The number of carboxylic acid groups (broad SMARTS) is 1. The van der Waals surface area contributed by atoms with E-state index in [-0.39, 0.29) is 0 Å². The predicted molar refractivity (Wildman–Crippen MR) is 79.8 cm³/mol. The summed E-state index contributed by atoms with van der Waals surface area (Å²) >= 11 is 0. The van der Waals surface area contributed by atoms with Gasteiger partial charge in [0.2, 0.25) is 5.91 Å². The Balaban J connectivity index is 0.000000758. The number of nitrogens with two attached hydrogens (primary N) is 1. The second kappa shape index (κ2) is 10.00. The van der Waals surface area contributed by atoms with E-state index in [1.54, 1.807) is 6.92 Å². The number of rotatable bonds is 6. The highest BCUT2D eigenvalue weighted by Gasteiger charge is 2.38. The highest BCUT2D eigenvalue weighted by Crippen LogP contribution is 2.18. The molecule has 5 nitrogen and oxygen atoms in total. The number of aliphatic carboxylic acids is 1. The summed E-state index contributed by atoms with van der Waals surface area (Å²) in [6.45, 7) is 1.58. The number of carboxylic acids is 1. The van der Waals surface area contributed by atoms with E-state index < -0.39 is 36.3 Å². The Bertz CT molecular complexity index is 575. The standard InChI is InChI=1S/C13H17F3N2O.C2HF3O2/c1-9(7-8-10-5-3-2-4-6-10)11(12(17)19)18-13(14,15)16;3-2(4,5)1(6)7/h2-6,9,11,18H,7-8H2,1H3,(H2,17,19);(H,6,7)/t9?,11-;/m0./s1. The van der Waals surface area contributed by atoms with Gasteiger partial charge < -0.3 is 10.8 Å². The Kier molecular flexibility index (Phi) is 9.11. The molecule has 11 heteroatoms. The van der Waals surface area contributed by atoms with Crippen molar-refractivity contribution in [3.8, 4) is 0 Å². The van der Waals surface area contributed by atoms with E-state index in [4.69, 9.17) is 15.6 Å². The topological polar surface area (TPSA) is 92.4 Å². The highest BCUT2D eigenvalue weighted by atomic mass is 19.4. The van der Waals surface area contributed by atoms with Crippen molar-refractivity contribution >= 4 is 11.9 Å². The highest BCUT2D eigenvalue weighted by molar-refractivity contribution is 5.80. The number of hydrogen-bond acceptors (Lipinski definition) is 3. The van der Waals surface area contributed by atoms with Crippen molar-refractivity contribution in [1.82, 2.24) is 5.32 Å². The van der Waals surface area contributed by atoms with Crippen LogP contribution in [0.25, 0.3) is 0 Å². The predicted octanol–water partition coefficient (Wildman–Crippen LogP) is 2.85. The molecule has 1 unspecified atom stereocenters. The van der Waals surface area contributed by atoms with Crippen LogP contribution < -0.4 is 11.1 Å². The minimum Gasteiger partial charge on any atom is -0.475 e. The first-order chi connectivity index (χ1) is 11.7. The van der Waals surface area contributed by atoms with Gasteiger partial charge in [0.15, 0.2) is 0 Å². The third-order valence-corrected chi connectivity index (χ3v) is 3.17. The van der Waals surface area contributed by atoms with E-state index in [0.717, 1.165) is 5.56 Å². The average molecular weight is 388 g/mol. The number of primary amides is 1. The van der Waals surface area contributed by atoms with Gasteiger partial charge >= 0.3 is 18.4 Å². The van der Waals surface area contributed by atoms with Crippen molar-refractivity contribution in [2.75, 3.05) is 0 Å². The number of nitrogens with one attached hydrogen (secondary N) is 1. The van der Waals surface area contributed by atoms with E-state index >= 15 is 0 Å². The molecule has 1 rings (SSSR count). The molecule has 0 radical (unpaired) electrons. The molecule has 0 spiro atoms. The minimum atomic E-state index is -5.08. The molecule has 0 aliphatic rings. The zero-order chi connectivity index (χ0) is 20.5. The van der Waals surface area contributed by atoms with Gasteiger partial charge in [0.1, 0.15) is 0 Å². The number of amides is 1. The number of halogens is 6. The first-order valence-corrected chi connectivity index (χ1v) is 7.21. The van der Waals surface area contributed by atoms with Crippen molar-refractivity contribution in [2.24, 2.45) is 11.7 Å². The van der Waals surface area contributed by atoms with Crippen molar-refractivity contribution in [3.05, 3.63) is 35.9 Å². The molecule has 26 heavy (non-hydrogen) atoms. The molecule has 0 aromatic heterocycles. The van der Waals surface area contributed by atoms with Crippen molar-refractivity contribution < 1.29 is 41.0 Å². The van der Waals surface area contributed by atoms with Gasteiger partial charge in [0.25, 0.3) is 0 Å². The lowest BCUT2D eigenvalue weighted by atomic mass is 9.94. The SMILES string of the molecule is CC(CCc1ccccc1)[C@H](NC(F)(F)F)C(N)=O.O=C(O)C(F)(F)F. The average Bonchev–Trinajstić information content (AvgIpc) is 2.50. The van der Waals surface area contributed by atoms with Crippen LogP contribution in [-0.4, -0.2) is 35.5 Å². The molecule has 0 heterocycles. The maximum atomic E-state index is 12.3. The second-order valence-corrected chi connectivity index (χ2v) is 5.33. The van der Waals surface area contributed by atoms with Gasteiger partial charge in [-0.3, -0.25) is 4.79 Å². The molecule has 1 amide bonds. The van der Waals surface area contributed by atoms with Crippen LogP contribution in [0, 0.1) is 5.92 Å². The summed E-state index contributed by atoms with van der Waals surface area (Å²) in [5.74, 6) is -4.25. The van der Waals surface area contributed by atoms with Crippen LogP contribution >= 0.6 is 0 Å². The van der Waals surface area contributed by atoms with Gasteiger partial charge in [-0.05, 0) is 24.3 Å². The lowest BCUT2D eigenvalue weighted by molar-refractivity contribution is -0.192. The number of carbonyl (C=O) groups excluding carboxylic acids is 1. The van der Waals surface area contributed by atoms with Gasteiger partial charge in [0.05, 0.1) is 6.04 Å². The lowest BCUT2D eigenvalue weighted by Gasteiger charge is -2.23. The number of hydrogen-bond donors (Lipinski definition) is 3. The van der Waals surface area contributed by atoms with Crippen LogP contribution in [-0.2, 0) is 16.0 Å². The largest absolute Gasteiger partial charge is 0.490 e. The Hall–Kier alpha value is -2.30. The zero-order valence-corrected chi connectivity index (χ0v) is 13.6. The van der Waals surface area contributed by atoms with Gasteiger partial charge in [-0.2, -0.15) is 26.3 Å². The van der Waals surface area contributed by atoms with Crippen LogP contribution in [0.3, 0.4) is 0 Å². The van der Waals surface area contributed by atoms with Gasteiger partial charge in [-0.25, -0.2) is 10.1 Å². The van der Waals surface area contributed by atoms with E-state index in [9.17, 15) is 31.1 Å². The first kappa shape index (κ1) is 23.7. The molecule has 0 aliphatic carbocycles. The van der Waals surface area contributed by atoms with Crippen LogP contribution in [0.5, 0.6) is 0 Å². The quantitative estimate of drug-likeness (QED) is 0.516. The summed E-state index contributed by atoms with van der Waals surface area (Å²) < 4.78 is 68.5. The van der Waals surface area contributed by atoms with E-state index in [2.05, 4.69) is 0 Å². The number of alkyl halides is 6. The maximum absolute atomic E-state index is 12.3. The Morgan fingerprint density at radius 3 is 1.92 bits per heavy atom. The van der Waals surface area contributed by atoms with Crippen molar-refractivity contribution in [2.45, 2.75) is 38.3 Å². The number of carbonyl (C=O) groups is 2. The van der Waals surface area contributed by atoms with Crippen LogP contribution in [0.4, 0.5) is 26.3 Å². The smallest absolute Gasteiger partial charge is 0.475 e. The van der Waals surface area contributed by atoms with Crippen molar-refractivity contribution in [1.29, 1.82) is 0 Å². The fourth-order valence-electron chi connectivity index (χ4n) is 1.88. The zero-order valence-electron chi connectivity index (χ0n) is 13.6.